The second kappa shape index (κ2) is 9.00. The van der Waals surface area contributed by atoms with E-state index in [9.17, 15) is 17.6 Å². The third-order valence-corrected chi connectivity index (χ3v) is 6.65. The molecular formula is C19H23ClFN3O3S. The first kappa shape index (κ1) is 22.3. The van der Waals surface area contributed by atoms with Gasteiger partial charge in [-0.1, -0.05) is 12.1 Å². The van der Waals surface area contributed by atoms with E-state index in [2.05, 4.69) is 5.32 Å². The third kappa shape index (κ3) is 4.52. The fourth-order valence-electron chi connectivity index (χ4n) is 3.13. The van der Waals surface area contributed by atoms with E-state index in [4.69, 9.17) is 0 Å². The molecule has 0 aromatic heterocycles. The van der Waals surface area contributed by atoms with Crippen LogP contribution in [0.1, 0.15) is 18.5 Å². The Morgan fingerprint density at radius 2 is 1.89 bits per heavy atom. The highest BCUT2D eigenvalue weighted by Crippen LogP contribution is 2.30. The molecule has 1 fully saturated rings. The Bertz CT molecular complexity index is 938. The monoisotopic (exact) mass is 427 g/mol. The molecule has 0 saturated carbocycles. The number of anilines is 1. The first-order chi connectivity index (χ1) is 12.8. The number of piperazine rings is 1. The highest BCUT2D eigenvalue weighted by Gasteiger charge is 2.34. The van der Waals surface area contributed by atoms with Gasteiger partial charge < -0.3 is 10.2 Å². The van der Waals surface area contributed by atoms with E-state index in [0.717, 1.165) is 0 Å². The van der Waals surface area contributed by atoms with Crippen LogP contribution in [0.4, 0.5) is 10.1 Å². The second-order valence-corrected chi connectivity index (χ2v) is 8.35. The molecule has 1 aliphatic heterocycles. The van der Waals surface area contributed by atoms with Crippen molar-refractivity contribution in [2.75, 3.05) is 31.6 Å². The van der Waals surface area contributed by atoms with Gasteiger partial charge in [0.2, 0.25) is 15.9 Å². The lowest BCUT2D eigenvalue weighted by molar-refractivity contribution is -0.116. The zero-order valence-electron chi connectivity index (χ0n) is 15.6. The van der Waals surface area contributed by atoms with E-state index in [1.54, 1.807) is 31.3 Å². The third-order valence-electron chi connectivity index (χ3n) is 4.73. The Morgan fingerprint density at radius 1 is 1.21 bits per heavy atom. The van der Waals surface area contributed by atoms with Gasteiger partial charge in [-0.25, -0.2) is 12.8 Å². The van der Waals surface area contributed by atoms with Crippen molar-refractivity contribution >= 4 is 34.0 Å². The van der Waals surface area contributed by atoms with Crippen LogP contribution < -0.4 is 10.2 Å². The van der Waals surface area contributed by atoms with E-state index < -0.39 is 21.9 Å². The number of nitrogens with one attached hydrogen (secondary N) is 1. The fraction of sp³-hybridized carbons (Fsp3) is 0.316. The molecule has 0 radical (unpaired) electrons. The van der Waals surface area contributed by atoms with Crippen LogP contribution in [0.3, 0.4) is 0 Å². The number of rotatable bonds is 4. The summed E-state index contributed by atoms with van der Waals surface area (Å²) in [6.45, 7) is 2.66. The van der Waals surface area contributed by atoms with E-state index in [1.807, 2.05) is 0 Å². The summed E-state index contributed by atoms with van der Waals surface area (Å²) >= 11 is 0. The number of sulfonamides is 1. The summed E-state index contributed by atoms with van der Waals surface area (Å²) in [7, 11) is -2.14. The van der Waals surface area contributed by atoms with Crippen molar-refractivity contribution in [3.8, 4) is 0 Å². The first-order valence-corrected chi connectivity index (χ1v) is 10.1. The van der Waals surface area contributed by atoms with Crippen LogP contribution in [0.5, 0.6) is 0 Å². The molecule has 1 amide bonds. The molecule has 1 saturated heterocycles. The topological polar surface area (TPSA) is 69.7 Å². The lowest BCUT2D eigenvalue weighted by atomic mass is 10.1. The van der Waals surface area contributed by atoms with E-state index in [0.29, 0.717) is 30.9 Å². The van der Waals surface area contributed by atoms with Crippen molar-refractivity contribution in [2.24, 2.45) is 0 Å². The molecule has 9 heteroatoms. The van der Waals surface area contributed by atoms with Crippen molar-refractivity contribution in [3.63, 3.8) is 0 Å². The minimum absolute atomic E-state index is 0. The average molecular weight is 428 g/mol. The number of carbonyl (C=O) groups is 1. The fourth-order valence-corrected chi connectivity index (χ4v) is 4.74. The molecule has 0 aliphatic carbocycles. The lowest BCUT2D eigenvalue weighted by Gasteiger charge is -2.35. The van der Waals surface area contributed by atoms with E-state index in [1.165, 1.54) is 40.4 Å². The normalized spacial score (nSPS) is 17.6. The quantitative estimate of drug-likeness (QED) is 0.814. The molecule has 2 aromatic carbocycles. The van der Waals surface area contributed by atoms with Crippen molar-refractivity contribution in [1.29, 1.82) is 0 Å². The largest absolute Gasteiger partial charge is 0.316 e. The maximum absolute atomic E-state index is 13.6. The molecule has 152 valence electrons. The van der Waals surface area contributed by atoms with Crippen LogP contribution >= 0.6 is 12.4 Å². The van der Waals surface area contributed by atoms with E-state index >= 15 is 0 Å². The summed E-state index contributed by atoms with van der Waals surface area (Å²) < 4.78 is 41.4. The highest BCUT2D eigenvalue weighted by molar-refractivity contribution is 7.89. The standard InChI is InChI=1S/C19H22FN3O3S.ClH/c1-14(24)22(2)17-6-8-18(9-7-17)27(25,26)23-11-10-21-13-19(23)15-4-3-5-16(20)12-15;/h3-9,12,19,21H,10-11,13H2,1-2H3;1H. The maximum atomic E-state index is 13.6. The number of hydrogen-bond donors (Lipinski definition) is 1. The van der Waals surface area contributed by atoms with Gasteiger partial charge in [-0.15, -0.1) is 12.4 Å². The number of nitrogens with zero attached hydrogens (tertiary/aromatic N) is 2. The molecule has 0 spiro atoms. The van der Waals surface area contributed by atoms with Crippen LogP contribution in [0.2, 0.25) is 0 Å². The first-order valence-electron chi connectivity index (χ1n) is 8.63. The number of carbonyl (C=O) groups excluding carboxylic acids is 1. The molecule has 1 atom stereocenters. The van der Waals surface area contributed by atoms with Gasteiger partial charge in [-0.2, -0.15) is 4.31 Å². The number of amides is 1. The predicted octanol–water partition coefficient (Wildman–Crippen LogP) is 2.57. The van der Waals surface area contributed by atoms with Gasteiger partial charge in [0.15, 0.2) is 0 Å². The Labute approximate surface area is 170 Å². The number of benzene rings is 2. The lowest BCUT2D eigenvalue weighted by Crippen LogP contribution is -2.48. The molecule has 28 heavy (non-hydrogen) atoms. The van der Waals surface area contributed by atoms with Crippen molar-refractivity contribution in [2.45, 2.75) is 17.9 Å². The van der Waals surface area contributed by atoms with Gasteiger partial charge in [-0.3, -0.25) is 4.79 Å². The van der Waals surface area contributed by atoms with Crippen LogP contribution in [0.15, 0.2) is 53.4 Å². The number of halogens is 2. The van der Waals surface area contributed by atoms with Crippen molar-refractivity contribution < 1.29 is 17.6 Å². The Hall–Kier alpha value is -2.00. The highest BCUT2D eigenvalue weighted by atomic mass is 35.5. The molecular weight excluding hydrogens is 405 g/mol. The maximum Gasteiger partial charge on any atom is 0.243 e. The van der Waals surface area contributed by atoms with E-state index in [-0.39, 0.29) is 23.2 Å². The van der Waals surface area contributed by atoms with Crippen molar-refractivity contribution in [1.82, 2.24) is 9.62 Å². The van der Waals surface area contributed by atoms with Crippen LogP contribution in [0.25, 0.3) is 0 Å². The minimum Gasteiger partial charge on any atom is -0.316 e. The average Bonchev–Trinajstić information content (AvgIpc) is 2.67. The van der Waals surface area contributed by atoms with Gasteiger partial charge in [0.1, 0.15) is 5.82 Å². The Kier molecular flexibility index (Phi) is 7.16. The Morgan fingerprint density at radius 3 is 2.50 bits per heavy atom. The van der Waals surface area contributed by atoms with Crippen LogP contribution in [-0.2, 0) is 14.8 Å². The Balaban J connectivity index is 0.00000280. The summed E-state index contributed by atoms with van der Waals surface area (Å²) in [5, 5.41) is 3.17. The predicted molar refractivity (Wildman–Crippen MR) is 109 cm³/mol. The smallest absolute Gasteiger partial charge is 0.243 e. The second-order valence-electron chi connectivity index (χ2n) is 6.46. The summed E-state index contributed by atoms with van der Waals surface area (Å²) in [5.74, 6) is -0.536. The van der Waals surface area contributed by atoms with Crippen LogP contribution in [-0.4, -0.2) is 45.3 Å². The molecule has 3 rings (SSSR count). The summed E-state index contributed by atoms with van der Waals surface area (Å²) in [4.78, 5) is 13.0. The van der Waals surface area contributed by atoms with Crippen molar-refractivity contribution in [3.05, 3.63) is 59.9 Å². The number of hydrogen-bond acceptors (Lipinski definition) is 4. The van der Waals surface area contributed by atoms with Gasteiger partial charge in [0, 0.05) is 39.3 Å². The van der Waals surface area contributed by atoms with Gasteiger partial charge in [0.25, 0.3) is 0 Å². The zero-order chi connectivity index (χ0) is 19.6. The summed E-state index contributed by atoms with van der Waals surface area (Å²) in [6.07, 6.45) is 0. The zero-order valence-corrected chi connectivity index (χ0v) is 17.3. The van der Waals surface area contributed by atoms with Gasteiger partial charge in [-0.05, 0) is 42.0 Å². The molecule has 1 heterocycles. The molecule has 1 unspecified atom stereocenters. The molecule has 2 aromatic rings. The van der Waals surface area contributed by atoms with Crippen LogP contribution in [0, 0.1) is 5.82 Å². The molecule has 1 N–H and O–H groups in total. The van der Waals surface area contributed by atoms with Gasteiger partial charge >= 0.3 is 0 Å². The van der Waals surface area contributed by atoms with Gasteiger partial charge in [0.05, 0.1) is 10.9 Å². The molecule has 0 bridgehead atoms. The molecule has 6 nitrogen and oxygen atoms in total. The minimum atomic E-state index is -3.77. The summed E-state index contributed by atoms with van der Waals surface area (Å²) in [5.41, 5.74) is 1.22. The molecule has 1 aliphatic rings. The summed E-state index contributed by atoms with van der Waals surface area (Å²) in [6, 6.07) is 11.7. The SMILES string of the molecule is CC(=O)N(C)c1ccc(S(=O)(=O)N2CCNCC2c2cccc(F)c2)cc1.Cl.